The van der Waals surface area contributed by atoms with E-state index in [4.69, 9.17) is 4.74 Å². The van der Waals surface area contributed by atoms with E-state index in [1.54, 1.807) is 0 Å². The highest BCUT2D eigenvalue weighted by molar-refractivity contribution is 7.89. The van der Waals surface area contributed by atoms with Gasteiger partial charge in [0.15, 0.2) is 0 Å². The van der Waals surface area contributed by atoms with Gasteiger partial charge in [0.1, 0.15) is 0 Å². The fourth-order valence-electron chi connectivity index (χ4n) is 1.32. The summed E-state index contributed by atoms with van der Waals surface area (Å²) in [5.41, 5.74) is 0. The second-order valence-electron chi connectivity index (χ2n) is 3.66. The lowest BCUT2D eigenvalue weighted by molar-refractivity contribution is 0.0629. The van der Waals surface area contributed by atoms with Gasteiger partial charge in [-0.25, -0.2) is 13.1 Å². The third-order valence-electron chi connectivity index (χ3n) is 1.94. The van der Waals surface area contributed by atoms with Gasteiger partial charge in [-0.05, 0) is 26.7 Å². The van der Waals surface area contributed by atoms with Crippen molar-refractivity contribution in [1.29, 1.82) is 0 Å². The molecule has 13 heavy (non-hydrogen) atoms. The van der Waals surface area contributed by atoms with Crippen molar-refractivity contribution in [3.63, 3.8) is 0 Å². The Kier molecular flexibility index (Phi) is 3.70. The molecule has 1 N–H and O–H groups in total. The number of rotatable bonds is 3. The van der Waals surface area contributed by atoms with Crippen LogP contribution in [0, 0.1) is 0 Å². The minimum absolute atomic E-state index is 0.0267. The fraction of sp³-hybridized carbons (Fsp3) is 1.00. The highest BCUT2D eigenvalue weighted by Gasteiger charge is 2.23. The molecule has 0 aliphatic carbocycles. The second kappa shape index (κ2) is 4.39. The molecule has 78 valence electrons. The van der Waals surface area contributed by atoms with Crippen LogP contribution < -0.4 is 4.72 Å². The Morgan fingerprint density at radius 1 is 1.54 bits per heavy atom. The molecule has 4 nitrogen and oxygen atoms in total. The Bertz CT molecular complexity index is 248. The molecule has 0 aromatic rings. The van der Waals surface area contributed by atoms with E-state index in [0.29, 0.717) is 6.61 Å². The van der Waals surface area contributed by atoms with E-state index in [1.807, 2.05) is 13.8 Å². The SMILES string of the molecule is CC(C)OCC1CCCS(=O)(=O)N1. The first-order valence-corrected chi connectivity index (χ1v) is 6.26. The maximum atomic E-state index is 11.1. The summed E-state index contributed by atoms with van der Waals surface area (Å²) in [4.78, 5) is 0. The highest BCUT2D eigenvalue weighted by atomic mass is 32.2. The normalized spacial score (nSPS) is 27.8. The monoisotopic (exact) mass is 207 g/mol. The van der Waals surface area contributed by atoms with Gasteiger partial charge in [0.05, 0.1) is 18.5 Å². The molecule has 1 rings (SSSR count). The minimum Gasteiger partial charge on any atom is -0.377 e. The molecule has 0 aromatic heterocycles. The molecule has 0 amide bonds. The van der Waals surface area contributed by atoms with Crippen LogP contribution in [0.15, 0.2) is 0 Å². The van der Waals surface area contributed by atoms with E-state index in [9.17, 15) is 8.42 Å². The lowest BCUT2D eigenvalue weighted by Crippen LogP contribution is -2.43. The van der Waals surface area contributed by atoms with Crippen LogP contribution in [-0.4, -0.2) is 32.9 Å². The van der Waals surface area contributed by atoms with Crippen molar-refractivity contribution in [3.8, 4) is 0 Å². The molecule has 1 fully saturated rings. The summed E-state index contributed by atoms with van der Waals surface area (Å²) < 4.78 is 30.2. The molecule has 0 saturated carbocycles. The van der Waals surface area contributed by atoms with E-state index >= 15 is 0 Å². The van der Waals surface area contributed by atoms with Crippen molar-refractivity contribution in [2.24, 2.45) is 0 Å². The molecule has 1 heterocycles. The van der Waals surface area contributed by atoms with Crippen molar-refractivity contribution in [1.82, 2.24) is 4.72 Å². The number of ether oxygens (including phenoxy) is 1. The number of nitrogens with one attached hydrogen (secondary N) is 1. The predicted molar refractivity (Wildman–Crippen MR) is 51.0 cm³/mol. The molecule has 1 aliphatic heterocycles. The fourth-order valence-corrected chi connectivity index (χ4v) is 2.68. The van der Waals surface area contributed by atoms with Crippen LogP contribution in [-0.2, 0) is 14.8 Å². The average molecular weight is 207 g/mol. The van der Waals surface area contributed by atoms with E-state index in [0.717, 1.165) is 12.8 Å². The topological polar surface area (TPSA) is 55.4 Å². The predicted octanol–water partition coefficient (Wildman–Crippen LogP) is 0.493. The van der Waals surface area contributed by atoms with Crippen molar-refractivity contribution in [2.75, 3.05) is 12.4 Å². The van der Waals surface area contributed by atoms with Crippen LogP contribution >= 0.6 is 0 Å². The van der Waals surface area contributed by atoms with Crippen molar-refractivity contribution in [3.05, 3.63) is 0 Å². The lowest BCUT2D eigenvalue weighted by atomic mass is 10.2. The molecular weight excluding hydrogens is 190 g/mol. The highest BCUT2D eigenvalue weighted by Crippen LogP contribution is 2.09. The second-order valence-corrected chi connectivity index (χ2v) is 5.53. The minimum atomic E-state index is -3.01. The van der Waals surface area contributed by atoms with Crippen LogP contribution in [0.2, 0.25) is 0 Å². The van der Waals surface area contributed by atoms with E-state index in [2.05, 4.69) is 4.72 Å². The molecule has 1 saturated heterocycles. The van der Waals surface area contributed by atoms with Crippen molar-refractivity contribution >= 4 is 10.0 Å². The lowest BCUT2D eigenvalue weighted by Gasteiger charge is -2.23. The molecule has 0 aromatic carbocycles. The Labute approximate surface area is 79.7 Å². The first-order valence-electron chi connectivity index (χ1n) is 4.61. The summed E-state index contributed by atoms with van der Waals surface area (Å²) >= 11 is 0. The van der Waals surface area contributed by atoms with E-state index < -0.39 is 10.0 Å². The molecule has 0 radical (unpaired) electrons. The zero-order valence-electron chi connectivity index (χ0n) is 8.12. The van der Waals surface area contributed by atoms with Gasteiger partial charge in [-0.15, -0.1) is 0 Å². The third-order valence-corrected chi connectivity index (χ3v) is 3.46. The van der Waals surface area contributed by atoms with Crippen LogP contribution in [0.5, 0.6) is 0 Å². The molecule has 0 bridgehead atoms. The maximum Gasteiger partial charge on any atom is 0.211 e. The number of hydrogen-bond acceptors (Lipinski definition) is 3. The molecule has 1 aliphatic rings. The zero-order valence-corrected chi connectivity index (χ0v) is 8.93. The van der Waals surface area contributed by atoms with Crippen molar-refractivity contribution in [2.45, 2.75) is 38.8 Å². The third kappa shape index (κ3) is 4.06. The van der Waals surface area contributed by atoms with Gasteiger partial charge < -0.3 is 4.74 Å². The van der Waals surface area contributed by atoms with Gasteiger partial charge in [0.2, 0.25) is 10.0 Å². The van der Waals surface area contributed by atoms with Crippen LogP contribution in [0.1, 0.15) is 26.7 Å². The first-order chi connectivity index (χ1) is 5.99. The summed E-state index contributed by atoms with van der Waals surface area (Å²) in [6.07, 6.45) is 1.78. The maximum absolute atomic E-state index is 11.1. The number of hydrogen-bond donors (Lipinski definition) is 1. The Balaban J connectivity index is 2.35. The Hall–Kier alpha value is -0.130. The largest absolute Gasteiger partial charge is 0.377 e. The summed E-state index contributed by atoms with van der Waals surface area (Å²) in [6, 6.07) is -0.0267. The Morgan fingerprint density at radius 3 is 2.77 bits per heavy atom. The van der Waals surface area contributed by atoms with E-state index in [1.165, 1.54) is 0 Å². The van der Waals surface area contributed by atoms with Gasteiger partial charge in [0.25, 0.3) is 0 Å². The van der Waals surface area contributed by atoms with Gasteiger partial charge in [0, 0.05) is 6.04 Å². The van der Waals surface area contributed by atoms with Crippen LogP contribution in [0.25, 0.3) is 0 Å². The van der Waals surface area contributed by atoms with Crippen LogP contribution in [0.4, 0.5) is 0 Å². The molecular formula is C8H17NO3S. The zero-order chi connectivity index (χ0) is 9.90. The summed E-state index contributed by atoms with van der Waals surface area (Å²) in [6.45, 7) is 4.37. The summed E-state index contributed by atoms with van der Waals surface area (Å²) in [5.74, 6) is 0.255. The van der Waals surface area contributed by atoms with E-state index in [-0.39, 0.29) is 17.9 Å². The van der Waals surface area contributed by atoms with Gasteiger partial charge in [-0.3, -0.25) is 0 Å². The molecule has 1 unspecified atom stereocenters. The standard InChI is InChI=1S/C8H17NO3S/c1-7(2)12-6-8-4-3-5-13(10,11)9-8/h7-9H,3-6H2,1-2H3. The van der Waals surface area contributed by atoms with Gasteiger partial charge in [-0.2, -0.15) is 0 Å². The van der Waals surface area contributed by atoms with Crippen LogP contribution in [0.3, 0.4) is 0 Å². The quantitative estimate of drug-likeness (QED) is 0.733. The van der Waals surface area contributed by atoms with Gasteiger partial charge in [-0.1, -0.05) is 0 Å². The molecule has 1 atom stereocenters. The summed E-state index contributed by atoms with van der Waals surface area (Å²) in [5, 5.41) is 0. The first kappa shape index (κ1) is 10.9. The molecule has 0 spiro atoms. The Morgan fingerprint density at radius 2 is 2.23 bits per heavy atom. The molecule has 5 heteroatoms. The number of sulfonamides is 1. The average Bonchev–Trinajstić information content (AvgIpc) is 1.99. The van der Waals surface area contributed by atoms with Gasteiger partial charge >= 0.3 is 0 Å². The summed E-state index contributed by atoms with van der Waals surface area (Å²) in [7, 11) is -3.01. The van der Waals surface area contributed by atoms with Crippen molar-refractivity contribution < 1.29 is 13.2 Å². The smallest absolute Gasteiger partial charge is 0.211 e.